The Balaban J connectivity index is 1.47. The third-order valence-corrected chi connectivity index (χ3v) is 5.14. The van der Waals surface area contributed by atoms with Gasteiger partial charge in [-0.15, -0.1) is 0 Å². The lowest BCUT2D eigenvalue weighted by Crippen LogP contribution is -2.50. The lowest BCUT2D eigenvalue weighted by atomic mass is 9.95. The van der Waals surface area contributed by atoms with Gasteiger partial charge in [0.15, 0.2) is 0 Å². The van der Waals surface area contributed by atoms with Crippen LogP contribution in [0.3, 0.4) is 0 Å². The topological polar surface area (TPSA) is 58.4 Å². The third kappa shape index (κ3) is 3.29. The maximum Gasteiger partial charge on any atom is 0.245 e. The number of imidazole rings is 1. The van der Waals surface area contributed by atoms with E-state index in [2.05, 4.69) is 22.5 Å². The van der Waals surface area contributed by atoms with Gasteiger partial charge in [-0.2, -0.15) is 0 Å². The number of anilines is 1. The van der Waals surface area contributed by atoms with E-state index >= 15 is 0 Å². The Labute approximate surface area is 153 Å². The van der Waals surface area contributed by atoms with E-state index < -0.39 is 5.54 Å². The molecule has 1 aliphatic carbocycles. The van der Waals surface area contributed by atoms with Crippen molar-refractivity contribution in [2.24, 2.45) is 0 Å². The van der Waals surface area contributed by atoms with Gasteiger partial charge in [0, 0.05) is 18.1 Å². The van der Waals surface area contributed by atoms with Crippen molar-refractivity contribution in [3.05, 3.63) is 66.1 Å². The maximum atomic E-state index is 13.0. The van der Waals surface area contributed by atoms with E-state index in [0.717, 1.165) is 42.7 Å². The molecule has 5 nitrogen and oxygen atoms in total. The highest BCUT2D eigenvalue weighted by Gasteiger charge is 2.40. The molecular weight excluding hydrogens is 324 g/mol. The fraction of sp³-hybridized carbons (Fsp3) is 0.333. The molecule has 1 aromatic carbocycles. The van der Waals surface area contributed by atoms with Crippen LogP contribution in [0.5, 0.6) is 0 Å². The van der Waals surface area contributed by atoms with Crippen LogP contribution >= 0.6 is 0 Å². The number of amides is 1. The van der Waals surface area contributed by atoms with Crippen molar-refractivity contribution >= 4 is 17.2 Å². The molecule has 4 rings (SSSR count). The van der Waals surface area contributed by atoms with Crippen LogP contribution in [0.25, 0.3) is 5.65 Å². The van der Waals surface area contributed by atoms with Gasteiger partial charge < -0.3 is 15.0 Å². The Morgan fingerprint density at radius 1 is 1.19 bits per heavy atom. The zero-order valence-corrected chi connectivity index (χ0v) is 15.0. The number of hydrogen-bond donors (Lipinski definition) is 2. The maximum absolute atomic E-state index is 13.0. The Hall–Kier alpha value is -2.82. The van der Waals surface area contributed by atoms with Crippen molar-refractivity contribution in [3.63, 3.8) is 0 Å². The van der Waals surface area contributed by atoms with Gasteiger partial charge in [-0.25, -0.2) is 4.98 Å². The first-order chi connectivity index (χ1) is 12.6. The average molecular weight is 348 g/mol. The number of benzene rings is 1. The standard InChI is InChI=1S/C21H24N4O/c1-16-9-12-25-15-18(23-19(25)13-16)14-22-20(26)21(10-5-6-11-21)24-17-7-3-2-4-8-17/h2-4,7-9,12-13,15,24H,5-6,10-11,14H2,1H3,(H,22,26). The summed E-state index contributed by atoms with van der Waals surface area (Å²) >= 11 is 0. The largest absolute Gasteiger partial charge is 0.371 e. The minimum Gasteiger partial charge on any atom is -0.371 e. The predicted octanol–water partition coefficient (Wildman–Crippen LogP) is 3.68. The molecule has 0 radical (unpaired) electrons. The van der Waals surface area contributed by atoms with Gasteiger partial charge in [-0.1, -0.05) is 31.0 Å². The van der Waals surface area contributed by atoms with Crippen molar-refractivity contribution in [1.82, 2.24) is 14.7 Å². The number of nitrogens with one attached hydrogen (secondary N) is 2. The van der Waals surface area contributed by atoms with Gasteiger partial charge in [0.05, 0.1) is 12.2 Å². The summed E-state index contributed by atoms with van der Waals surface area (Å²) in [7, 11) is 0. The summed E-state index contributed by atoms with van der Waals surface area (Å²) in [6.07, 6.45) is 7.83. The molecule has 134 valence electrons. The van der Waals surface area contributed by atoms with Crippen LogP contribution < -0.4 is 10.6 Å². The summed E-state index contributed by atoms with van der Waals surface area (Å²) in [4.78, 5) is 17.6. The van der Waals surface area contributed by atoms with Gasteiger partial charge in [-0.05, 0) is 49.6 Å². The van der Waals surface area contributed by atoms with Crippen LogP contribution in [0.15, 0.2) is 54.9 Å². The minimum absolute atomic E-state index is 0.0621. The van der Waals surface area contributed by atoms with Crippen molar-refractivity contribution < 1.29 is 4.79 Å². The van der Waals surface area contributed by atoms with Crippen molar-refractivity contribution in [3.8, 4) is 0 Å². The molecular formula is C21H24N4O. The minimum atomic E-state index is -0.517. The number of aromatic nitrogens is 2. The highest BCUT2D eigenvalue weighted by Crippen LogP contribution is 2.33. The zero-order valence-electron chi connectivity index (χ0n) is 15.0. The first-order valence-electron chi connectivity index (χ1n) is 9.20. The summed E-state index contributed by atoms with van der Waals surface area (Å²) < 4.78 is 1.99. The van der Waals surface area contributed by atoms with Crippen molar-refractivity contribution in [2.75, 3.05) is 5.32 Å². The summed E-state index contributed by atoms with van der Waals surface area (Å²) in [5.41, 5.74) is 3.43. The van der Waals surface area contributed by atoms with Crippen LogP contribution in [0.4, 0.5) is 5.69 Å². The Kier molecular flexibility index (Phi) is 4.37. The van der Waals surface area contributed by atoms with Crippen LogP contribution in [0, 0.1) is 6.92 Å². The molecule has 3 aromatic rings. The number of para-hydroxylation sites is 1. The van der Waals surface area contributed by atoms with Crippen molar-refractivity contribution in [1.29, 1.82) is 0 Å². The molecule has 0 bridgehead atoms. The Morgan fingerprint density at radius 3 is 2.73 bits per heavy atom. The molecule has 1 aliphatic rings. The molecule has 0 saturated heterocycles. The van der Waals surface area contributed by atoms with Crippen LogP contribution in [0.1, 0.15) is 36.9 Å². The molecule has 0 spiro atoms. The number of aryl methyl sites for hydroxylation is 1. The quantitative estimate of drug-likeness (QED) is 0.739. The van der Waals surface area contributed by atoms with Gasteiger partial charge in [0.25, 0.3) is 0 Å². The number of rotatable bonds is 5. The monoisotopic (exact) mass is 348 g/mol. The second-order valence-corrected chi connectivity index (χ2v) is 7.16. The lowest BCUT2D eigenvalue weighted by Gasteiger charge is -2.30. The number of hydrogen-bond acceptors (Lipinski definition) is 3. The lowest BCUT2D eigenvalue weighted by molar-refractivity contribution is -0.125. The van der Waals surface area contributed by atoms with Gasteiger partial charge in [0.2, 0.25) is 5.91 Å². The Bertz CT molecular complexity index is 910. The number of nitrogens with zero attached hydrogens (tertiary/aromatic N) is 2. The number of pyridine rings is 1. The molecule has 26 heavy (non-hydrogen) atoms. The molecule has 0 unspecified atom stereocenters. The smallest absolute Gasteiger partial charge is 0.245 e. The van der Waals surface area contributed by atoms with Crippen LogP contribution in [-0.4, -0.2) is 20.8 Å². The summed E-state index contributed by atoms with van der Waals surface area (Å²) in [6, 6.07) is 14.1. The van der Waals surface area contributed by atoms with E-state index in [1.165, 1.54) is 5.56 Å². The van der Waals surface area contributed by atoms with Crippen LogP contribution in [0.2, 0.25) is 0 Å². The first kappa shape index (κ1) is 16.6. The zero-order chi connectivity index (χ0) is 18.0. The van der Waals surface area contributed by atoms with E-state index in [9.17, 15) is 4.79 Å². The highest BCUT2D eigenvalue weighted by atomic mass is 16.2. The summed E-state index contributed by atoms with van der Waals surface area (Å²) in [6.45, 7) is 2.49. The van der Waals surface area contributed by atoms with Gasteiger partial charge in [0.1, 0.15) is 11.2 Å². The molecule has 1 amide bonds. The molecule has 2 heterocycles. The molecule has 0 atom stereocenters. The second-order valence-electron chi connectivity index (χ2n) is 7.16. The average Bonchev–Trinajstić information content (AvgIpc) is 3.27. The summed E-state index contributed by atoms with van der Waals surface area (Å²) in [5.74, 6) is 0.0621. The first-order valence-corrected chi connectivity index (χ1v) is 9.20. The van der Waals surface area contributed by atoms with E-state index in [0.29, 0.717) is 6.54 Å². The number of fused-ring (bicyclic) bond motifs is 1. The molecule has 5 heteroatoms. The fourth-order valence-corrected chi connectivity index (χ4v) is 3.75. The predicted molar refractivity (Wildman–Crippen MR) is 103 cm³/mol. The van der Waals surface area contributed by atoms with E-state index in [-0.39, 0.29) is 5.91 Å². The SMILES string of the molecule is Cc1ccn2cc(CNC(=O)C3(Nc4ccccc4)CCCC3)nc2c1. The molecule has 0 aliphatic heterocycles. The van der Waals surface area contributed by atoms with E-state index in [1.807, 2.05) is 59.3 Å². The van der Waals surface area contributed by atoms with E-state index in [1.54, 1.807) is 0 Å². The van der Waals surface area contributed by atoms with Crippen LogP contribution in [-0.2, 0) is 11.3 Å². The summed E-state index contributed by atoms with van der Waals surface area (Å²) in [5, 5.41) is 6.59. The number of carbonyl (C=O) groups is 1. The third-order valence-electron chi connectivity index (χ3n) is 5.14. The van der Waals surface area contributed by atoms with E-state index in [4.69, 9.17) is 0 Å². The van der Waals surface area contributed by atoms with Crippen molar-refractivity contribution in [2.45, 2.75) is 44.7 Å². The van der Waals surface area contributed by atoms with Gasteiger partial charge in [-0.3, -0.25) is 4.79 Å². The molecule has 2 aromatic heterocycles. The highest BCUT2D eigenvalue weighted by molar-refractivity contribution is 5.89. The second kappa shape index (κ2) is 6.83. The molecule has 2 N–H and O–H groups in total. The number of carbonyl (C=O) groups excluding carboxylic acids is 1. The molecule has 1 saturated carbocycles. The fourth-order valence-electron chi connectivity index (χ4n) is 3.75. The molecule has 1 fully saturated rings. The normalized spacial score (nSPS) is 15.9. The Morgan fingerprint density at radius 2 is 1.96 bits per heavy atom. The van der Waals surface area contributed by atoms with Gasteiger partial charge >= 0.3 is 0 Å².